The fraction of sp³-hybridized carbons (Fsp3) is 0.310. The molecule has 0 bridgehead atoms. The molecule has 0 atom stereocenters. The first-order valence-electron chi connectivity index (χ1n) is 12.3. The molecule has 0 spiro atoms. The number of amides is 1. The van der Waals surface area contributed by atoms with E-state index in [1.54, 1.807) is 13.0 Å². The van der Waals surface area contributed by atoms with Gasteiger partial charge in [0.1, 0.15) is 12.1 Å². The molecule has 0 radical (unpaired) electrons. The first-order chi connectivity index (χ1) is 18.0. The molecule has 0 N–H and O–H groups in total. The number of rotatable bonds is 4. The molecule has 0 aliphatic carbocycles. The van der Waals surface area contributed by atoms with Crippen LogP contribution < -0.4 is 9.64 Å². The zero-order valence-corrected chi connectivity index (χ0v) is 20.8. The lowest BCUT2D eigenvalue weighted by molar-refractivity contribution is -0.137. The molecule has 2 aliphatic heterocycles. The number of ether oxygens (including phenoxy) is 1. The molecule has 2 aliphatic rings. The van der Waals surface area contributed by atoms with Crippen molar-refractivity contribution < 1.29 is 36.3 Å². The first-order valence-corrected chi connectivity index (χ1v) is 12.3. The minimum Gasteiger partial charge on any atom is -0.490 e. The fourth-order valence-electron chi connectivity index (χ4n) is 5.54. The van der Waals surface area contributed by atoms with E-state index in [4.69, 9.17) is 4.74 Å². The minimum absolute atomic E-state index is 0.0549. The van der Waals surface area contributed by atoms with E-state index in [0.717, 1.165) is 23.8 Å². The van der Waals surface area contributed by atoms with Gasteiger partial charge in [0.2, 0.25) is 0 Å². The maximum atomic E-state index is 15.2. The number of carbonyl (C=O) groups is 2. The van der Waals surface area contributed by atoms with Crippen LogP contribution in [-0.4, -0.2) is 25.3 Å². The first kappa shape index (κ1) is 25.9. The predicted octanol–water partition coefficient (Wildman–Crippen LogP) is 6.54. The number of alkyl halides is 3. The van der Waals surface area contributed by atoms with Crippen LogP contribution in [0.2, 0.25) is 0 Å². The number of aryl methyl sites for hydroxylation is 1. The Morgan fingerprint density at radius 3 is 2.53 bits per heavy atom. The zero-order chi connectivity index (χ0) is 27.4. The van der Waals surface area contributed by atoms with Crippen LogP contribution in [0.4, 0.5) is 27.6 Å². The minimum atomic E-state index is -4.74. The molecular formula is C29H24F5NO3. The molecule has 0 saturated carbocycles. The Balaban J connectivity index is 1.68. The molecule has 0 aromatic heterocycles. The number of halogens is 5. The van der Waals surface area contributed by atoms with Gasteiger partial charge in [0.25, 0.3) is 5.91 Å². The zero-order valence-electron chi connectivity index (χ0n) is 20.8. The average Bonchev–Trinajstić information content (AvgIpc) is 3.29. The standard InChI is InChI=1S/C29H24F5NO3/c1-15-12-25-20(7-9-35(25)28(37)22-13-17(29(32,33)34)5-6-23(22)30)26(18(15)8-10-36)21-14-24(31)27-19(16(21)2)4-3-11-38-27/h5-6,10,12-14H,3-4,7-9,11H2,1-2H3. The van der Waals surface area contributed by atoms with Gasteiger partial charge in [0, 0.05) is 24.2 Å². The number of carbonyl (C=O) groups excluding carboxylic acids is 2. The van der Waals surface area contributed by atoms with Crippen molar-refractivity contribution >= 4 is 17.9 Å². The lowest BCUT2D eigenvalue weighted by atomic mass is 9.84. The summed E-state index contributed by atoms with van der Waals surface area (Å²) in [5.41, 5.74) is 3.33. The van der Waals surface area contributed by atoms with Gasteiger partial charge in [-0.2, -0.15) is 13.2 Å². The third-order valence-electron chi connectivity index (χ3n) is 7.38. The molecule has 4 nitrogen and oxygen atoms in total. The van der Waals surface area contributed by atoms with E-state index in [0.29, 0.717) is 71.2 Å². The van der Waals surface area contributed by atoms with Crippen LogP contribution in [0, 0.1) is 25.5 Å². The number of anilines is 1. The molecule has 9 heteroatoms. The summed E-state index contributed by atoms with van der Waals surface area (Å²) in [5, 5.41) is 0. The topological polar surface area (TPSA) is 46.6 Å². The van der Waals surface area contributed by atoms with Crippen molar-refractivity contribution in [2.75, 3.05) is 18.1 Å². The van der Waals surface area contributed by atoms with Gasteiger partial charge in [-0.25, -0.2) is 8.78 Å². The van der Waals surface area contributed by atoms with Crippen LogP contribution in [-0.2, 0) is 30.2 Å². The summed E-state index contributed by atoms with van der Waals surface area (Å²) in [7, 11) is 0. The summed E-state index contributed by atoms with van der Waals surface area (Å²) in [5.74, 6) is -2.26. The largest absolute Gasteiger partial charge is 0.490 e. The van der Waals surface area contributed by atoms with Crippen LogP contribution >= 0.6 is 0 Å². The van der Waals surface area contributed by atoms with Crippen LogP contribution in [0.5, 0.6) is 5.75 Å². The number of benzene rings is 3. The molecule has 2 heterocycles. The van der Waals surface area contributed by atoms with Gasteiger partial charge in [-0.3, -0.25) is 4.79 Å². The van der Waals surface area contributed by atoms with Crippen molar-refractivity contribution in [2.45, 2.75) is 45.7 Å². The predicted molar refractivity (Wildman–Crippen MR) is 132 cm³/mol. The summed E-state index contributed by atoms with van der Waals surface area (Å²) in [6.45, 7) is 4.12. The number of nitrogens with zero attached hydrogens (tertiary/aromatic N) is 1. The number of aldehydes is 1. The highest BCUT2D eigenvalue weighted by Crippen LogP contribution is 2.45. The monoisotopic (exact) mass is 529 g/mol. The summed E-state index contributed by atoms with van der Waals surface area (Å²) in [6.07, 6.45) is -2.27. The second-order valence-corrected chi connectivity index (χ2v) is 9.61. The number of hydrogen-bond donors (Lipinski definition) is 0. The van der Waals surface area contributed by atoms with Crippen molar-refractivity contribution in [1.29, 1.82) is 0 Å². The highest BCUT2D eigenvalue weighted by molar-refractivity contribution is 6.08. The van der Waals surface area contributed by atoms with E-state index in [-0.39, 0.29) is 18.7 Å². The van der Waals surface area contributed by atoms with Gasteiger partial charge in [-0.1, -0.05) is 0 Å². The Kier molecular flexibility index (Phi) is 6.49. The third kappa shape index (κ3) is 4.23. The Morgan fingerprint density at radius 2 is 1.82 bits per heavy atom. The molecule has 5 rings (SSSR count). The highest BCUT2D eigenvalue weighted by atomic mass is 19.4. The lowest BCUT2D eigenvalue weighted by Crippen LogP contribution is -2.30. The molecule has 1 amide bonds. The van der Waals surface area contributed by atoms with Gasteiger partial charge < -0.3 is 14.4 Å². The normalized spacial score (nSPS) is 14.7. The lowest BCUT2D eigenvalue weighted by Gasteiger charge is -2.25. The second-order valence-electron chi connectivity index (χ2n) is 9.61. The van der Waals surface area contributed by atoms with Crippen LogP contribution in [0.3, 0.4) is 0 Å². The highest BCUT2D eigenvalue weighted by Gasteiger charge is 2.35. The average molecular weight is 530 g/mol. The van der Waals surface area contributed by atoms with Gasteiger partial charge in [0.15, 0.2) is 11.6 Å². The maximum Gasteiger partial charge on any atom is 0.416 e. The second kappa shape index (κ2) is 9.53. The van der Waals surface area contributed by atoms with Crippen LogP contribution in [0.15, 0.2) is 30.3 Å². The van der Waals surface area contributed by atoms with E-state index < -0.39 is 34.8 Å². The van der Waals surface area contributed by atoms with Crippen molar-refractivity contribution in [1.82, 2.24) is 0 Å². The van der Waals surface area contributed by atoms with Gasteiger partial charge in [-0.05, 0) is 96.8 Å². The number of fused-ring (bicyclic) bond motifs is 2. The van der Waals surface area contributed by atoms with E-state index in [2.05, 4.69) is 0 Å². The summed E-state index contributed by atoms with van der Waals surface area (Å²) in [4.78, 5) is 26.2. The quantitative estimate of drug-likeness (QED) is 0.285. The van der Waals surface area contributed by atoms with Crippen molar-refractivity contribution in [3.05, 3.63) is 80.9 Å². The summed E-state index contributed by atoms with van der Waals surface area (Å²) in [6, 6.07) is 4.81. The van der Waals surface area contributed by atoms with Crippen LogP contribution in [0.1, 0.15) is 50.2 Å². The van der Waals surface area contributed by atoms with Crippen molar-refractivity contribution in [3.8, 4) is 16.9 Å². The summed E-state index contributed by atoms with van der Waals surface area (Å²) >= 11 is 0. The molecule has 0 unspecified atom stereocenters. The molecular weight excluding hydrogens is 505 g/mol. The van der Waals surface area contributed by atoms with Gasteiger partial charge in [-0.15, -0.1) is 0 Å². The van der Waals surface area contributed by atoms with E-state index >= 15 is 4.39 Å². The molecule has 0 fully saturated rings. The van der Waals surface area contributed by atoms with E-state index in [1.807, 2.05) is 6.92 Å². The van der Waals surface area contributed by atoms with E-state index in [9.17, 15) is 27.2 Å². The Morgan fingerprint density at radius 1 is 1.05 bits per heavy atom. The molecule has 3 aromatic rings. The molecule has 198 valence electrons. The van der Waals surface area contributed by atoms with Crippen molar-refractivity contribution in [2.24, 2.45) is 0 Å². The Bertz CT molecular complexity index is 1480. The maximum absolute atomic E-state index is 15.2. The molecule has 0 saturated heterocycles. The molecule has 3 aromatic carbocycles. The van der Waals surface area contributed by atoms with Crippen molar-refractivity contribution in [3.63, 3.8) is 0 Å². The smallest absolute Gasteiger partial charge is 0.416 e. The van der Waals surface area contributed by atoms with Crippen LogP contribution in [0.25, 0.3) is 11.1 Å². The summed E-state index contributed by atoms with van der Waals surface area (Å²) < 4.78 is 75.1. The SMILES string of the molecule is Cc1cc2c(c(-c3cc(F)c4c(c3C)CCCO4)c1CC=O)CCN2C(=O)c1cc(C(F)(F)F)ccc1F. The van der Waals surface area contributed by atoms with E-state index in [1.165, 1.54) is 11.0 Å². The van der Waals surface area contributed by atoms with Gasteiger partial charge in [0.05, 0.1) is 17.7 Å². The Labute approximate surface area is 216 Å². The Hall–Kier alpha value is -3.75. The number of hydrogen-bond acceptors (Lipinski definition) is 3. The molecule has 38 heavy (non-hydrogen) atoms. The van der Waals surface area contributed by atoms with Gasteiger partial charge >= 0.3 is 6.18 Å². The third-order valence-corrected chi connectivity index (χ3v) is 7.38. The fourth-order valence-corrected chi connectivity index (χ4v) is 5.54.